The molecule has 0 aromatic rings. The zero-order valence-corrected chi connectivity index (χ0v) is 7.46. The first kappa shape index (κ1) is 9.48. The molecule has 70 valence electrons. The molecule has 1 rings (SSSR count). The monoisotopic (exact) mass is 173 g/mol. The molecule has 0 amide bonds. The summed E-state index contributed by atoms with van der Waals surface area (Å²) < 4.78 is 5.54. The third kappa shape index (κ3) is 2.19. The highest BCUT2D eigenvalue weighted by atomic mass is 16.5. The van der Waals surface area contributed by atoms with Crippen molar-refractivity contribution in [2.75, 3.05) is 13.1 Å². The summed E-state index contributed by atoms with van der Waals surface area (Å²) in [5.74, 6) is -0.794. The van der Waals surface area contributed by atoms with E-state index >= 15 is 0 Å². The first-order valence-corrected chi connectivity index (χ1v) is 4.14. The number of carbonyl (C=O) groups is 1. The topological polar surface area (TPSA) is 58.6 Å². The average molecular weight is 173 g/mol. The standard InChI is InChI=1S/C8H15NO3/c1-6(2)12-8(3-7(10)11)4-9-5-8/h6,9H,3-5H2,1-2H3,(H,10,11). The Kier molecular flexibility index (Phi) is 2.69. The predicted molar refractivity (Wildman–Crippen MR) is 44.1 cm³/mol. The molecule has 0 spiro atoms. The van der Waals surface area contributed by atoms with Crippen molar-refractivity contribution >= 4 is 5.97 Å². The number of ether oxygens (including phenoxy) is 1. The summed E-state index contributed by atoms with van der Waals surface area (Å²) in [7, 11) is 0. The van der Waals surface area contributed by atoms with E-state index in [0.29, 0.717) is 13.1 Å². The Labute approximate surface area is 71.9 Å². The summed E-state index contributed by atoms with van der Waals surface area (Å²) in [5, 5.41) is 11.6. The van der Waals surface area contributed by atoms with E-state index in [4.69, 9.17) is 9.84 Å². The van der Waals surface area contributed by atoms with Gasteiger partial charge in [0.1, 0.15) is 5.60 Å². The number of aliphatic carboxylic acids is 1. The molecule has 0 aliphatic carbocycles. The normalized spacial score (nSPS) is 20.6. The van der Waals surface area contributed by atoms with Crippen molar-refractivity contribution in [3.63, 3.8) is 0 Å². The Morgan fingerprint density at radius 1 is 1.67 bits per heavy atom. The quantitative estimate of drug-likeness (QED) is 0.639. The van der Waals surface area contributed by atoms with Crippen molar-refractivity contribution < 1.29 is 14.6 Å². The van der Waals surface area contributed by atoms with Crippen molar-refractivity contribution in [1.29, 1.82) is 0 Å². The van der Waals surface area contributed by atoms with Crippen LogP contribution in [-0.4, -0.2) is 35.9 Å². The van der Waals surface area contributed by atoms with Crippen LogP contribution >= 0.6 is 0 Å². The molecule has 0 aromatic heterocycles. The minimum Gasteiger partial charge on any atom is -0.481 e. The van der Waals surface area contributed by atoms with Crippen LogP contribution in [0.5, 0.6) is 0 Å². The minimum atomic E-state index is -0.794. The van der Waals surface area contributed by atoms with Crippen molar-refractivity contribution in [1.82, 2.24) is 5.32 Å². The van der Waals surface area contributed by atoms with Crippen LogP contribution in [0.15, 0.2) is 0 Å². The fraction of sp³-hybridized carbons (Fsp3) is 0.875. The second-order valence-electron chi connectivity index (χ2n) is 3.52. The molecule has 12 heavy (non-hydrogen) atoms. The SMILES string of the molecule is CC(C)OC1(CC(=O)O)CNC1. The number of hydrogen-bond acceptors (Lipinski definition) is 3. The molecular formula is C8H15NO3. The summed E-state index contributed by atoms with van der Waals surface area (Å²) in [5.41, 5.74) is -0.444. The maximum atomic E-state index is 10.5. The number of rotatable bonds is 4. The molecule has 4 heteroatoms. The molecule has 1 aliphatic rings. The summed E-state index contributed by atoms with van der Waals surface area (Å²) in [6, 6.07) is 0. The zero-order chi connectivity index (χ0) is 9.19. The number of nitrogens with one attached hydrogen (secondary N) is 1. The molecule has 1 heterocycles. The highest BCUT2D eigenvalue weighted by Crippen LogP contribution is 2.22. The van der Waals surface area contributed by atoms with E-state index in [1.165, 1.54) is 0 Å². The summed E-state index contributed by atoms with van der Waals surface area (Å²) in [4.78, 5) is 10.5. The van der Waals surface area contributed by atoms with E-state index in [1.54, 1.807) is 0 Å². The van der Waals surface area contributed by atoms with E-state index in [-0.39, 0.29) is 12.5 Å². The number of hydrogen-bond donors (Lipinski definition) is 2. The van der Waals surface area contributed by atoms with E-state index < -0.39 is 11.6 Å². The average Bonchev–Trinajstić information content (AvgIpc) is 1.80. The van der Waals surface area contributed by atoms with Gasteiger partial charge in [-0.15, -0.1) is 0 Å². The third-order valence-electron chi connectivity index (χ3n) is 1.85. The van der Waals surface area contributed by atoms with Gasteiger partial charge in [-0.05, 0) is 13.8 Å². The zero-order valence-electron chi connectivity index (χ0n) is 7.46. The van der Waals surface area contributed by atoms with Crippen LogP contribution in [0, 0.1) is 0 Å². The number of carboxylic acid groups (broad SMARTS) is 1. The minimum absolute atomic E-state index is 0.0893. The molecule has 1 aliphatic heterocycles. The maximum Gasteiger partial charge on any atom is 0.306 e. The first-order valence-electron chi connectivity index (χ1n) is 4.14. The first-order chi connectivity index (χ1) is 5.54. The van der Waals surface area contributed by atoms with Gasteiger partial charge < -0.3 is 15.2 Å². The molecular weight excluding hydrogens is 158 g/mol. The van der Waals surface area contributed by atoms with Crippen molar-refractivity contribution in [3.05, 3.63) is 0 Å². The van der Waals surface area contributed by atoms with Crippen LogP contribution < -0.4 is 5.32 Å². The van der Waals surface area contributed by atoms with Gasteiger partial charge in [-0.3, -0.25) is 4.79 Å². The van der Waals surface area contributed by atoms with Crippen molar-refractivity contribution in [2.45, 2.75) is 32.0 Å². The van der Waals surface area contributed by atoms with Gasteiger partial charge in [0.05, 0.1) is 12.5 Å². The molecule has 1 saturated heterocycles. The molecule has 0 aromatic carbocycles. The van der Waals surface area contributed by atoms with Gasteiger partial charge in [0.2, 0.25) is 0 Å². The van der Waals surface area contributed by atoms with Crippen LogP contribution in [-0.2, 0) is 9.53 Å². The van der Waals surface area contributed by atoms with Gasteiger partial charge in [-0.1, -0.05) is 0 Å². The highest BCUT2D eigenvalue weighted by molar-refractivity contribution is 5.68. The second kappa shape index (κ2) is 3.41. The molecule has 0 atom stereocenters. The van der Waals surface area contributed by atoms with E-state index in [1.807, 2.05) is 13.8 Å². The van der Waals surface area contributed by atoms with Crippen molar-refractivity contribution in [3.8, 4) is 0 Å². The van der Waals surface area contributed by atoms with E-state index in [0.717, 1.165) is 0 Å². The summed E-state index contributed by atoms with van der Waals surface area (Å²) in [6.45, 7) is 5.14. The van der Waals surface area contributed by atoms with Gasteiger partial charge >= 0.3 is 5.97 Å². The lowest BCUT2D eigenvalue weighted by atomic mass is 9.92. The Morgan fingerprint density at radius 2 is 2.25 bits per heavy atom. The smallest absolute Gasteiger partial charge is 0.306 e. The molecule has 1 fully saturated rings. The lowest BCUT2D eigenvalue weighted by molar-refractivity contribution is -0.155. The Bertz CT molecular complexity index is 175. The Balaban J connectivity index is 2.45. The molecule has 4 nitrogen and oxygen atoms in total. The fourth-order valence-corrected chi connectivity index (χ4v) is 1.43. The Morgan fingerprint density at radius 3 is 2.50 bits per heavy atom. The largest absolute Gasteiger partial charge is 0.481 e. The predicted octanol–water partition coefficient (Wildman–Crippen LogP) is 0.228. The number of carboxylic acids is 1. The highest BCUT2D eigenvalue weighted by Gasteiger charge is 2.40. The molecule has 0 bridgehead atoms. The molecule has 0 unspecified atom stereocenters. The third-order valence-corrected chi connectivity index (χ3v) is 1.85. The molecule has 0 saturated carbocycles. The van der Waals surface area contributed by atoms with Crippen LogP contribution in [0.3, 0.4) is 0 Å². The van der Waals surface area contributed by atoms with Crippen LogP contribution in [0.4, 0.5) is 0 Å². The summed E-state index contributed by atoms with van der Waals surface area (Å²) in [6.07, 6.45) is 0.185. The van der Waals surface area contributed by atoms with Gasteiger partial charge in [0, 0.05) is 13.1 Å². The van der Waals surface area contributed by atoms with E-state index in [2.05, 4.69) is 5.32 Å². The van der Waals surface area contributed by atoms with Crippen LogP contribution in [0.2, 0.25) is 0 Å². The Hall–Kier alpha value is -0.610. The fourth-order valence-electron chi connectivity index (χ4n) is 1.43. The lowest BCUT2D eigenvalue weighted by Gasteiger charge is -2.42. The lowest BCUT2D eigenvalue weighted by Crippen LogP contribution is -2.62. The summed E-state index contributed by atoms with van der Waals surface area (Å²) >= 11 is 0. The van der Waals surface area contributed by atoms with Crippen LogP contribution in [0.25, 0.3) is 0 Å². The van der Waals surface area contributed by atoms with Crippen molar-refractivity contribution in [2.24, 2.45) is 0 Å². The maximum absolute atomic E-state index is 10.5. The van der Waals surface area contributed by atoms with Gasteiger partial charge in [-0.25, -0.2) is 0 Å². The molecule has 0 radical (unpaired) electrons. The van der Waals surface area contributed by atoms with Gasteiger partial charge in [-0.2, -0.15) is 0 Å². The van der Waals surface area contributed by atoms with Gasteiger partial charge in [0.15, 0.2) is 0 Å². The van der Waals surface area contributed by atoms with Gasteiger partial charge in [0.25, 0.3) is 0 Å². The van der Waals surface area contributed by atoms with Crippen LogP contribution in [0.1, 0.15) is 20.3 Å². The van der Waals surface area contributed by atoms with E-state index in [9.17, 15) is 4.79 Å². The second-order valence-corrected chi connectivity index (χ2v) is 3.52. The molecule has 2 N–H and O–H groups in total.